The lowest BCUT2D eigenvalue weighted by atomic mass is 10.1. The van der Waals surface area contributed by atoms with Crippen molar-refractivity contribution < 1.29 is 4.79 Å². The molecule has 1 aromatic carbocycles. The maximum atomic E-state index is 12.2. The van der Waals surface area contributed by atoms with Crippen LogP contribution in [0.25, 0.3) is 0 Å². The van der Waals surface area contributed by atoms with E-state index in [1.54, 1.807) is 6.33 Å². The van der Waals surface area contributed by atoms with Gasteiger partial charge in [-0.15, -0.1) is 0 Å². The van der Waals surface area contributed by atoms with Gasteiger partial charge in [-0.25, -0.2) is 9.97 Å². The van der Waals surface area contributed by atoms with Crippen molar-refractivity contribution in [1.29, 1.82) is 0 Å². The molecule has 24 heavy (non-hydrogen) atoms. The predicted molar refractivity (Wildman–Crippen MR) is 98.7 cm³/mol. The molecule has 0 bridgehead atoms. The minimum atomic E-state index is -0.0185. The Labute approximate surface area is 146 Å². The first-order chi connectivity index (χ1) is 11.6. The summed E-state index contributed by atoms with van der Waals surface area (Å²) in [5.41, 5.74) is 3.15. The van der Waals surface area contributed by atoms with E-state index < -0.39 is 0 Å². The van der Waals surface area contributed by atoms with Gasteiger partial charge in [0.1, 0.15) is 17.2 Å². The lowest BCUT2D eigenvalue weighted by molar-refractivity contribution is -0.113. The van der Waals surface area contributed by atoms with E-state index in [2.05, 4.69) is 20.2 Å². The second kappa shape index (κ2) is 7.66. The lowest BCUT2D eigenvalue weighted by Gasteiger charge is -2.16. The second-order valence-electron chi connectivity index (χ2n) is 5.99. The number of aryl methyl sites for hydroxylation is 1. The minimum absolute atomic E-state index is 0.0185. The highest BCUT2D eigenvalue weighted by Crippen LogP contribution is 2.23. The number of rotatable bonds is 5. The SMILES string of the molecule is Cc1cccc(NC(=O)CSc2cc(N3CCCC3)ncn2)c1C. The molecule has 1 saturated heterocycles. The van der Waals surface area contributed by atoms with Gasteiger partial charge in [0.2, 0.25) is 5.91 Å². The summed E-state index contributed by atoms with van der Waals surface area (Å²) in [5.74, 6) is 1.28. The maximum Gasteiger partial charge on any atom is 0.234 e. The topological polar surface area (TPSA) is 58.1 Å². The second-order valence-corrected chi connectivity index (χ2v) is 6.99. The summed E-state index contributed by atoms with van der Waals surface area (Å²) in [6.45, 7) is 6.16. The molecule has 5 nitrogen and oxygen atoms in total. The highest BCUT2D eigenvalue weighted by atomic mass is 32.2. The monoisotopic (exact) mass is 342 g/mol. The van der Waals surface area contributed by atoms with E-state index in [0.29, 0.717) is 5.75 Å². The summed E-state index contributed by atoms with van der Waals surface area (Å²) < 4.78 is 0. The quantitative estimate of drug-likeness (QED) is 0.666. The number of nitrogens with zero attached hydrogens (tertiary/aromatic N) is 3. The van der Waals surface area contributed by atoms with E-state index in [9.17, 15) is 4.79 Å². The Bertz CT molecular complexity index is 729. The molecule has 1 N–H and O–H groups in total. The number of nitrogens with one attached hydrogen (secondary N) is 1. The van der Waals surface area contributed by atoms with Gasteiger partial charge in [-0.1, -0.05) is 23.9 Å². The normalized spacial score (nSPS) is 14.0. The number of anilines is 2. The number of benzene rings is 1. The third-order valence-corrected chi connectivity index (χ3v) is 5.21. The molecule has 1 amide bonds. The highest BCUT2D eigenvalue weighted by Gasteiger charge is 2.14. The first kappa shape index (κ1) is 16.8. The van der Waals surface area contributed by atoms with Crippen molar-refractivity contribution in [2.45, 2.75) is 31.7 Å². The van der Waals surface area contributed by atoms with E-state index in [1.807, 2.05) is 38.1 Å². The summed E-state index contributed by atoms with van der Waals surface area (Å²) in [6.07, 6.45) is 4.01. The van der Waals surface area contributed by atoms with Crippen molar-refractivity contribution in [1.82, 2.24) is 9.97 Å². The van der Waals surface area contributed by atoms with Crippen molar-refractivity contribution >= 4 is 29.2 Å². The van der Waals surface area contributed by atoms with Crippen LogP contribution in [0.2, 0.25) is 0 Å². The number of aromatic nitrogens is 2. The van der Waals surface area contributed by atoms with E-state index in [4.69, 9.17) is 0 Å². The van der Waals surface area contributed by atoms with Crippen LogP contribution in [-0.2, 0) is 4.79 Å². The van der Waals surface area contributed by atoms with E-state index in [-0.39, 0.29) is 5.91 Å². The highest BCUT2D eigenvalue weighted by molar-refractivity contribution is 7.99. The molecular formula is C18H22N4OS. The fourth-order valence-corrected chi connectivity index (χ4v) is 3.40. The molecule has 2 aromatic rings. The number of hydrogen-bond acceptors (Lipinski definition) is 5. The molecule has 0 unspecified atom stereocenters. The Morgan fingerprint density at radius 2 is 2.04 bits per heavy atom. The fraction of sp³-hybridized carbons (Fsp3) is 0.389. The average molecular weight is 342 g/mol. The van der Waals surface area contributed by atoms with Crippen LogP contribution in [0.5, 0.6) is 0 Å². The van der Waals surface area contributed by atoms with Gasteiger partial charge in [0.25, 0.3) is 0 Å². The van der Waals surface area contributed by atoms with Crippen molar-refractivity contribution in [2.75, 3.05) is 29.1 Å². The van der Waals surface area contributed by atoms with Gasteiger partial charge in [0, 0.05) is 24.8 Å². The van der Waals surface area contributed by atoms with Crippen molar-refractivity contribution in [3.8, 4) is 0 Å². The van der Waals surface area contributed by atoms with Crippen LogP contribution in [0.1, 0.15) is 24.0 Å². The number of carbonyl (C=O) groups excluding carboxylic acids is 1. The van der Waals surface area contributed by atoms with Gasteiger partial charge < -0.3 is 10.2 Å². The molecule has 0 atom stereocenters. The van der Waals surface area contributed by atoms with Crippen LogP contribution in [-0.4, -0.2) is 34.7 Å². The molecular weight excluding hydrogens is 320 g/mol. The average Bonchev–Trinajstić information content (AvgIpc) is 3.12. The first-order valence-corrected chi connectivity index (χ1v) is 9.18. The Hall–Kier alpha value is -2.08. The van der Waals surface area contributed by atoms with E-state index in [1.165, 1.54) is 30.2 Å². The van der Waals surface area contributed by atoms with E-state index in [0.717, 1.165) is 35.2 Å². The van der Waals surface area contributed by atoms with Crippen molar-refractivity contribution in [3.63, 3.8) is 0 Å². The third-order valence-electron chi connectivity index (χ3n) is 4.29. The molecule has 126 valence electrons. The lowest BCUT2D eigenvalue weighted by Crippen LogP contribution is -2.19. The molecule has 2 heterocycles. The molecule has 6 heteroatoms. The van der Waals surface area contributed by atoms with Crippen LogP contribution in [0.15, 0.2) is 35.6 Å². The zero-order chi connectivity index (χ0) is 16.9. The summed E-state index contributed by atoms with van der Waals surface area (Å²) in [4.78, 5) is 23.1. The van der Waals surface area contributed by atoms with Gasteiger partial charge >= 0.3 is 0 Å². The predicted octanol–water partition coefficient (Wildman–Crippen LogP) is 3.42. The molecule has 0 aliphatic carbocycles. The summed E-state index contributed by atoms with van der Waals surface area (Å²) in [5, 5.41) is 3.81. The molecule has 0 spiro atoms. The number of amides is 1. The van der Waals surface area contributed by atoms with Gasteiger partial charge in [-0.2, -0.15) is 0 Å². The zero-order valence-electron chi connectivity index (χ0n) is 14.1. The summed E-state index contributed by atoms with van der Waals surface area (Å²) in [6, 6.07) is 7.90. The molecule has 1 aliphatic rings. The largest absolute Gasteiger partial charge is 0.356 e. The summed E-state index contributed by atoms with van der Waals surface area (Å²) >= 11 is 1.44. The zero-order valence-corrected chi connectivity index (χ0v) is 14.9. The smallest absolute Gasteiger partial charge is 0.234 e. The Morgan fingerprint density at radius 1 is 1.25 bits per heavy atom. The van der Waals surface area contributed by atoms with E-state index >= 15 is 0 Å². The van der Waals surface area contributed by atoms with Crippen molar-refractivity contribution in [2.24, 2.45) is 0 Å². The third kappa shape index (κ3) is 4.06. The van der Waals surface area contributed by atoms with Gasteiger partial charge in [0.15, 0.2) is 0 Å². The summed E-state index contributed by atoms with van der Waals surface area (Å²) in [7, 11) is 0. The van der Waals surface area contributed by atoms with Gasteiger partial charge in [0.05, 0.1) is 5.75 Å². The van der Waals surface area contributed by atoms with Crippen LogP contribution in [0, 0.1) is 13.8 Å². The van der Waals surface area contributed by atoms with Gasteiger partial charge in [-0.3, -0.25) is 4.79 Å². The standard InChI is InChI=1S/C18H22N4OS/c1-13-6-5-7-15(14(13)2)21-17(23)11-24-18-10-16(19-12-20-18)22-8-3-4-9-22/h5-7,10,12H,3-4,8-9,11H2,1-2H3,(H,21,23). The molecule has 0 radical (unpaired) electrons. The number of thioether (sulfide) groups is 1. The molecule has 0 saturated carbocycles. The van der Waals surface area contributed by atoms with Crippen LogP contribution < -0.4 is 10.2 Å². The molecule has 1 aliphatic heterocycles. The molecule has 3 rings (SSSR count). The maximum absolute atomic E-state index is 12.2. The molecule has 1 aromatic heterocycles. The Balaban J connectivity index is 1.58. The fourth-order valence-electron chi connectivity index (χ4n) is 2.74. The number of hydrogen-bond donors (Lipinski definition) is 1. The van der Waals surface area contributed by atoms with Crippen LogP contribution >= 0.6 is 11.8 Å². The number of carbonyl (C=O) groups is 1. The minimum Gasteiger partial charge on any atom is -0.356 e. The van der Waals surface area contributed by atoms with Gasteiger partial charge in [-0.05, 0) is 43.9 Å². The van der Waals surface area contributed by atoms with Crippen LogP contribution in [0.4, 0.5) is 11.5 Å². The molecule has 1 fully saturated rings. The van der Waals surface area contributed by atoms with Crippen molar-refractivity contribution in [3.05, 3.63) is 41.7 Å². The Morgan fingerprint density at radius 3 is 2.83 bits per heavy atom. The first-order valence-electron chi connectivity index (χ1n) is 8.19. The Kier molecular flexibility index (Phi) is 5.35. The van der Waals surface area contributed by atoms with Crippen LogP contribution in [0.3, 0.4) is 0 Å².